The molecule has 0 atom stereocenters. The van der Waals surface area contributed by atoms with Gasteiger partial charge >= 0.3 is 5.63 Å². The van der Waals surface area contributed by atoms with E-state index >= 15 is 0 Å². The van der Waals surface area contributed by atoms with E-state index in [1.165, 1.54) is 17.3 Å². The number of fused-ring (bicyclic) bond motifs is 1. The minimum absolute atomic E-state index is 0.313. The Bertz CT molecular complexity index is 748. The summed E-state index contributed by atoms with van der Waals surface area (Å²) in [6, 6.07) is 6.93. The van der Waals surface area contributed by atoms with E-state index in [-0.39, 0.29) is 0 Å². The van der Waals surface area contributed by atoms with Crippen molar-refractivity contribution in [3.8, 4) is 5.69 Å². The van der Waals surface area contributed by atoms with Crippen LogP contribution < -0.4 is 16.9 Å². The van der Waals surface area contributed by atoms with Crippen molar-refractivity contribution in [2.24, 2.45) is 5.84 Å². The molecular weight excluding hydrogens is 234 g/mol. The Labute approximate surface area is 101 Å². The Morgan fingerprint density at radius 3 is 2.94 bits per heavy atom. The molecule has 0 radical (unpaired) electrons. The Balaban J connectivity index is 2.25. The summed E-state index contributed by atoms with van der Waals surface area (Å²) < 4.78 is 6.58. The lowest BCUT2D eigenvalue weighted by molar-refractivity contribution is 0.552. The van der Waals surface area contributed by atoms with E-state index in [4.69, 9.17) is 10.3 Å². The fourth-order valence-electron chi connectivity index (χ4n) is 1.68. The molecule has 0 amide bonds. The van der Waals surface area contributed by atoms with Crippen molar-refractivity contribution in [2.45, 2.75) is 0 Å². The highest BCUT2D eigenvalue weighted by Crippen LogP contribution is 2.18. The molecule has 3 rings (SSSR count). The van der Waals surface area contributed by atoms with Gasteiger partial charge in [0.1, 0.15) is 18.2 Å². The van der Waals surface area contributed by atoms with Crippen molar-refractivity contribution in [1.82, 2.24) is 14.8 Å². The lowest BCUT2D eigenvalue weighted by Gasteiger charge is -2.03. The van der Waals surface area contributed by atoms with Crippen molar-refractivity contribution in [2.75, 3.05) is 5.43 Å². The van der Waals surface area contributed by atoms with E-state index in [0.717, 1.165) is 5.39 Å². The highest BCUT2D eigenvalue weighted by Gasteiger charge is 2.08. The van der Waals surface area contributed by atoms with Crippen LogP contribution >= 0.6 is 0 Å². The molecule has 0 saturated carbocycles. The van der Waals surface area contributed by atoms with Crippen LogP contribution in [0.2, 0.25) is 0 Å². The number of hydrogen-bond acceptors (Lipinski definition) is 6. The minimum Gasteiger partial charge on any atom is -0.421 e. The molecule has 0 saturated heterocycles. The van der Waals surface area contributed by atoms with Crippen LogP contribution in [0.1, 0.15) is 0 Å². The summed E-state index contributed by atoms with van der Waals surface area (Å²) >= 11 is 0. The molecule has 7 heteroatoms. The van der Waals surface area contributed by atoms with Gasteiger partial charge in [-0.15, -0.1) is 0 Å². The number of benzene rings is 1. The zero-order chi connectivity index (χ0) is 12.5. The van der Waals surface area contributed by atoms with Crippen LogP contribution in [0.4, 0.5) is 5.69 Å². The molecule has 2 heterocycles. The molecular formula is C11H9N5O2. The van der Waals surface area contributed by atoms with Gasteiger partial charge in [-0.2, -0.15) is 5.10 Å². The van der Waals surface area contributed by atoms with Gasteiger partial charge in [0.15, 0.2) is 5.69 Å². The maximum atomic E-state index is 11.8. The molecule has 0 aliphatic carbocycles. The summed E-state index contributed by atoms with van der Waals surface area (Å²) in [6.07, 6.45) is 2.79. The van der Waals surface area contributed by atoms with Crippen LogP contribution in [0.5, 0.6) is 0 Å². The first-order chi connectivity index (χ1) is 8.78. The lowest BCUT2D eigenvalue weighted by atomic mass is 10.2. The largest absolute Gasteiger partial charge is 0.421 e. The number of nitrogen functional groups attached to an aromatic ring is 1. The van der Waals surface area contributed by atoms with Crippen molar-refractivity contribution >= 4 is 16.7 Å². The van der Waals surface area contributed by atoms with Crippen LogP contribution in [-0.4, -0.2) is 14.8 Å². The summed E-state index contributed by atoms with van der Waals surface area (Å²) in [7, 11) is 0. The number of nitrogens with zero attached hydrogens (tertiary/aromatic N) is 3. The fourth-order valence-corrected chi connectivity index (χ4v) is 1.68. The second-order valence-corrected chi connectivity index (χ2v) is 3.66. The molecule has 0 fully saturated rings. The van der Waals surface area contributed by atoms with E-state index in [1.807, 2.05) is 0 Å². The second kappa shape index (κ2) is 3.97. The standard InChI is InChI=1S/C11H9N5O2/c12-15-8-2-1-7-3-9(16-6-13-5-14-16)11(17)18-10(7)4-8/h1-6,15H,12H2. The van der Waals surface area contributed by atoms with Crippen molar-refractivity contribution in [3.05, 3.63) is 47.3 Å². The Morgan fingerprint density at radius 1 is 1.33 bits per heavy atom. The van der Waals surface area contributed by atoms with Crippen LogP contribution in [-0.2, 0) is 0 Å². The second-order valence-electron chi connectivity index (χ2n) is 3.66. The maximum absolute atomic E-state index is 11.8. The maximum Gasteiger partial charge on any atom is 0.362 e. The van der Waals surface area contributed by atoms with Gasteiger partial charge in [0.2, 0.25) is 0 Å². The highest BCUT2D eigenvalue weighted by atomic mass is 16.4. The molecule has 0 spiro atoms. The van der Waals surface area contributed by atoms with Crippen LogP contribution in [0.3, 0.4) is 0 Å². The number of nitrogens with two attached hydrogens (primary N) is 1. The third kappa shape index (κ3) is 1.62. The number of hydrogen-bond donors (Lipinski definition) is 2. The van der Waals surface area contributed by atoms with Gasteiger partial charge in [0.05, 0.1) is 5.69 Å². The van der Waals surface area contributed by atoms with Gasteiger partial charge in [-0.3, -0.25) is 5.84 Å². The lowest BCUT2D eigenvalue weighted by Crippen LogP contribution is -2.11. The van der Waals surface area contributed by atoms with E-state index in [9.17, 15) is 4.79 Å². The molecule has 2 aromatic heterocycles. The van der Waals surface area contributed by atoms with Crippen LogP contribution in [0.25, 0.3) is 16.7 Å². The minimum atomic E-state index is -0.484. The van der Waals surface area contributed by atoms with Gasteiger partial charge < -0.3 is 9.84 Å². The Hall–Kier alpha value is -2.67. The van der Waals surface area contributed by atoms with Gasteiger partial charge in [-0.25, -0.2) is 14.5 Å². The molecule has 18 heavy (non-hydrogen) atoms. The zero-order valence-electron chi connectivity index (χ0n) is 9.20. The topological polar surface area (TPSA) is 99.0 Å². The van der Waals surface area contributed by atoms with Gasteiger partial charge in [0.25, 0.3) is 0 Å². The van der Waals surface area contributed by atoms with E-state index in [0.29, 0.717) is 17.0 Å². The molecule has 0 aliphatic rings. The van der Waals surface area contributed by atoms with Gasteiger partial charge in [-0.1, -0.05) is 0 Å². The van der Waals surface area contributed by atoms with E-state index in [1.54, 1.807) is 24.3 Å². The number of anilines is 1. The smallest absolute Gasteiger partial charge is 0.362 e. The number of aromatic nitrogens is 3. The first kappa shape index (κ1) is 10.5. The van der Waals surface area contributed by atoms with E-state index < -0.39 is 5.63 Å². The number of hydrazine groups is 1. The molecule has 0 bridgehead atoms. The molecule has 0 aliphatic heterocycles. The molecule has 3 N–H and O–H groups in total. The average molecular weight is 243 g/mol. The van der Waals surface area contributed by atoms with E-state index in [2.05, 4.69) is 15.5 Å². The zero-order valence-corrected chi connectivity index (χ0v) is 9.20. The quantitative estimate of drug-likeness (QED) is 0.389. The first-order valence-electron chi connectivity index (χ1n) is 5.17. The Kier molecular flexibility index (Phi) is 2.31. The summed E-state index contributed by atoms with van der Waals surface area (Å²) in [4.78, 5) is 15.6. The predicted octanol–water partition coefficient (Wildman–Crippen LogP) is 0.659. The van der Waals surface area contributed by atoms with Gasteiger partial charge in [-0.05, 0) is 18.2 Å². The fraction of sp³-hybridized carbons (Fsp3) is 0. The third-order valence-electron chi connectivity index (χ3n) is 2.55. The van der Waals surface area contributed by atoms with Crippen molar-refractivity contribution < 1.29 is 4.42 Å². The van der Waals surface area contributed by atoms with Gasteiger partial charge in [0, 0.05) is 11.5 Å². The molecule has 7 nitrogen and oxygen atoms in total. The monoisotopic (exact) mass is 243 g/mol. The molecule has 3 aromatic rings. The normalized spacial score (nSPS) is 10.7. The van der Waals surface area contributed by atoms with Crippen molar-refractivity contribution in [3.63, 3.8) is 0 Å². The molecule has 1 aromatic carbocycles. The first-order valence-corrected chi connectivity index (χ1v) is 5.17. The summed E-state index contributed by atoms with van der Waals surface area (Å²) in [5.41, 5.74) is 3.44. The summed E-state index contributed by atoms with van der Waals surface area (Å²) in [5.74, 6) is 5.29. The SMILES string of the molecule is NNc1ccc2cc(-n3cncn3)c(=O)oc2c1. The van der Waals surface area contributed by atoms with Crippen LogP contribution in [0, 0.1) is 0 Å². The highest BCUT2D eigenvalue weighted by molar-refractivity contribution is 5.81. The number of rotatable bonds is 2. The van der Waals surface area contributed by atoms with Crippen molar-refractivity contribution in [1.29, 1.82) is 0 Å². The summed E-state index contributed by atoms with van der Waals surface area (Å²) in [5, 5.41) is 4.68. The average Bonchev–Trinajstić information content (AvgIpc) is 2.91. The third-order valence-corrected chi connectivity index (χ3v) is 2.55. The molecule has 0 unspecified atom stereocenters. The summed E-state index contributed by atoms with van der Waals surface area (Å²) in [6.45, 7) is 0. The Morgan fingerprint density at radius 2 is 2.22 bits per heavy atom. The number of nitrogens with one attached hydrogen (secondary N) is 1. The predicted molar refractivity (Wildman–Crippen MR) is 65.2 cm³/mol. The molecule has 90 valence electrons. The van der Waals surface area contributed by atoms with Crippen LogP contribution in [0.15, 0.2) is 46.1 Å².